The molecule has 3 rings (SSSR count). The molecule has 0 fully saturated rings. The first-order valence-corrected chi connectivity index (χ1v) is 6.31. The fourth-order valence-corrected chi connectivity index (χ4v) is 2.30. The first kappa shape index (κ1) is 12.0. The Bertz CT molecular complexity index is 671. The SMILES string of the molecule is C#Cc1cc(Cl)cc(-c2ccc3c(c2)OCCO3)c1. The smallest absolute Gasteiger partial charge is 0.161 e. The van der Waals surface area contributed by atoms with Crippen molar-refractivity contribution in [2.45, 2.75) is 0 Å². The van der Waals surface area contributed by atoms with Crippen LogP contribution >= 0.6 is 11.6 Å². The van der Waals surface area contributed by atoms with Crippen molar-refractivity contribution < 1.29 is 9.47 Å². The molecule has 19 heavy (non-hydrogen) atoms. The van der Waals surface area contributed by atoms with Crippen molar-refractivity contribution in [2.75, 3.05) is 13.2 Å². The van der Waals surface area contributed by atoms with Gasteiger partial charge in [0.25, 0.3) is 0 Å². The molecular formula is C16H11ClO2. The van der Waals surface area contributed by atoms with Crippen LogP contribution in [0.3, 0.4) is 0 Å². The highest BCUT2D eigenvalue weighted by Gasteiger charge is 2.12. The van der Waals surface area contributed by atoms with Gasteiger partial charge in [-0.2, -0.15) is 0 Å². The van der Waals surface area contributed by atoms with Crippen LogP contribution in [0.15, 0.2) is 36.4 Å². The summed E-state index contributed by atoms with van der Waals surface area (Å²) in [5.74, 6) is 4.13. The van der Waals surface area contributed by atoms with Crippen molar-refractivity contribution >= 4 is 11.6 Å². The van der Waals surface area contributed by atoms with Crippen LogP contribution in [0.2, 0.25) is 5.02 Å². The molecule has 0 aromatic heterocycles. The van der Waals surface area contributed by atoms with Gasteiger partial charge in [-0.15, -0.1) is 6.42 Å². The number of hydrogen-bond donors (Lipinski definition) is 0. The lowest BCUT2D eigenvalue weighted by Gasteiger charge is -2.19. The lowest BCUT2D eigenvalue weighted by Crippen LogP contribution is -2.15. The Labute approximate surface area is 116 Å². The van der Waals surface area contributed by atoms with E-state index in [0.29, 0.717) is 18.2 Å². The van der Waals surface area contributed by atoms with E-state index in [-0.39, 0.29) is 0 Å². The Balaban J connectivity index is 2.07. The van der Waals surface area contributed by atoms with Crippen LogP contribution in [-0.4, -0.2) is 13.2 Å². The Hall–Kier alpha value is -2.11. The standard InChI is InChI=1S/C16H11ClO2/c1-2-11-7-13(9-14(17)8-11)12-3-4-15-16(10-12)19-6-5-18-15/h1,3-4,7-10H,5-6H2. The van der Waals surface area contributed by atoms with Crippen LogP contribution < -0.4 is 9.47 Å². The summed E-state index contributed by atoms with van der Waals surface area (Å²) in [6, 6.07) is 11.4. The lowest BCUT2D eigenvalue weighted by molar-refractivity contribution is 0.171. The van der Waals surface area contributed by atoms with Crippen molar-refractivity contribution in [3.8, 4) is 35.0 Å². The molecule has 0 amide bonds. The number of hydrogen-bond acceptors (Lipinski definition) is 2. The van der Waals surface area contributed by atoms with Gasteiger partial charge in [0.2, 0.25) is 0 Å². The zero-order chi connectivity index (χ0) is 13.2. The van der Waals surface area contributed by atoms with Crippen molar-refractivity contribution in [3.63, 3.8) is 0 Å². The molecule has 2 aromatic rings. The summed E-state index contributed by atoms with van der Waals surface area (Å²) in [7, 11) is 0. The maximum absolute atomic E-state index is 6.07. The second kappa shape index (κ2) is 4.87. The van der Waals surface area contributed by atoms with E-state index in [9.17, 15) is 0 Å². The van der Waals surface area contributed by atoms with E-state index in [0.717, 1.165) is 28.2 Å². The van der Waals surface area contributed by atoms with E-state index < -0.39 is 0 Å². The number of fused-ring (bicyclic) bond motifs is 1. The van der Waals surface area contributed by atoms with Gasteiger partial charge in [0.05, 0.1) is 0 Å². The predicted molar refractivity (Wildman–Crippen MR) is 75.8 cm³/mol. The Morgan fingerprint density at radius 1 is 0.947 bits per heavy atom. The van der Waals surface area contributed by atoms with Gasteiger partial charge in [-0.25, -0.2) is 0 Å². The Morgan fingerprint density at radius 3 is 2.53 bits per heavy atom. The van der Waals surface area contributed by atoms with Crippen LogP contribution in [-0.2, 0) is 0 Å². The zero-order valence-electron chi connectivity index (χ0n) is 10.2. The topological polar surface area (TPSA) is 18.5 Å². The van der Waals surface area contributed by atoms with Crippen LogP contribution in [0.4, 0.5) is 0 Å². The summed E-state index contributed by atoms with van der Waals surface area (Å²) in [6.45, 7) is 1.16. The fraction of sp³-hybridized carbons (Fsp3) is 0.125. The number of halogens is 1. The average Bonchev–Trinajstić information content (AvgIpc) is 2.46. The third kappa shape index (κ3) is 2.38. The van der Waals surface area contributed by atoms with E-state index >= 15 is 0 Å². The molecule has 0 radical (unpaired) electrons. The third-order valence-corrected chi connectivity index (χ3v) is 3.16. The molecule has 0 N–H and O–H groups in total. The highest BCUT2D eigenvalue weighted by Crippen LogP contribution is 2.35. The maximum atomic E-state index is 6.07. The molecule has 0 unspecified atom stereocenters. The number of benzene rings is 2. The highest BCUT2D eigenvalue weighted by molar-refractivity contribution is 6.31. The summed E-state index contributed by atoms with van der Waals surface area (Å²) in [4.78, 5) is 0. The minimum absolute atomic E-state index is 0.571. The zero-order valence-corrected chi connectivity index (χ0v) is 10.9. The minimum atomic E-state index is 0.571. The monoisotopic (exact) mass is 270 g/mol. The number of terminal acetylenes is 1. The van der Waals surface area contributed by atoms with Crippen LogP contribution in [0.1, 0.15) is 5.56 Å². The summed E-state index contributed by atoms with van der Waals surface area (Å²) >= 11 is 6.07. The molecule has 0 atom stereocenters. The van der Waals surface area contributed by atoms with E-state index in [1.165, 1.54) is 0 Å². The third-order valence-electron chi connectivity index (χ3n) is 2.94. The van der Waals surface area contributed by atoms with Crippen molar-refractivity contribution in [3.05, 3.63) is 47.0 Å². The Kier molecular flexibility index (Phi) is 3.06. The lowest BCUT2D eigenvalue weighted by atomic mass is 10.0. The van der Waals surface area contributed by atoms with E-state index in [1.807, 2.05) is 30.3 Å². The van der Waals surface area contributed by atoms with E-state index in [1.54, 1.807) is 6.07 Å². The van der Waals surface area contributed by atoms with Crippen LogP contribution in [0, 0.1) is 12.3 Å². The van der Waals surface area contributed by atoms with Crippen LogP contribution in [0.5, 0.6) is 11.5 Å². The van der Waals surface area contributed by atoms with Gasteiger partial charge in [0, 0.05) is 10.6 Å². The highest BCUT2D eigenvalue weighted by atomic mass is 35.5. The van der Waals surface area contributed by atoms with E-state index in [4.69, 9.17) is 27.5 Å². The quantitative estimate of drug-likeness (QED) is 0.735. The summed E-state index contributed by atoms with van der Waals surface area (Å²) in [5, 5.41) is 0.625. The van der Waals surface area contributed by atoms with Gasteiger partial charge in [-0.1, -0.05) is 23.6 Å². The molecule has 0 saturated carbocycles. The van der Waals surface area contributed by atoms with Gasteiger partial charge in [0.15, 0.2) is 11.5 Å². The van der Waals surface area contributed by atoms with E-state index in [2.05, 4.69) is 5.92 Å². The van der Waals surface area contributed by atoms with Gasteiger partial charge in [-0.3, -0.25) is 0 Å². The average molecular weight is 271 g/mol. The van der Waals surface area contributed by atoms with Crippen LogP contribution in [0.25, 0.3) is 11.1 Å². The fourth-order valence-electron chi connectivity index (χ4n) is 2.06. The first-order chi connectivity index (χ1) is 9.26. The molecule has 0 saturated heterocycles. The number of rotatable bonds is 1. The van der Waals surface area contributed by atoms with Crippen molar-refractivity contribution in [1.82, 2.24) is 0 Å². The molecule has 2 nitrogen and oxygen atoms in total. The normalized spacial score (nSPS) is 12.8. The number of ether oxygens (including phenoxy) is 2. The second-order valence-electron chi connectivity index (χ2n) is 4.23. The molecule has 94 valence electrons. The molecule has 1 aliphatic rings. The molecule has 3 heteroatoms. The second-order valence-corrected chi connectivity index (χ2v) is 4.67. The van der Waals surface area contributed by atoms with Crippen molar-refractivity contribution in [2.24, 2.45) is 0 Å². The molecule has 0 aliphatic carbocycles. The maximum Gasteiger partial charge on any atom is 0.161 e. The molecule has 0 bridgehead atoms. The predicted octanol–water partition coefficient (Wildman–Crippen LogP) is 3.76. The van der Waals surface area contributed by atoms with Gasteiger partial charge in [-0.05, 0) is 41.5 Å². The minimum Gasteiger partial charge on any atom is -0.486 e. The molecule has 2 aromatic carbocycles. The Morgan fingerprint density at radius 2 is 1.74 bits per heavy atom. The van der Waals surface area contributed by atoms with Crippen molar-refractivity contribution in [1.29, 1.82) is 0 Å². The summed E-state index contributed by atoms with van der Waals surface area (Å²) in [5.41, 5.74) is 2.73. The summed E-state index contributed by atoms with van der Waals surface area (Å²) < 4.78 is 11.1. The van der Waals surface area contributed by atoms with Gasteiger partial charge >= 0.3 is 0 Å². The molecule has 1 heterocycles. The largest absolute Gasteiger partial charge is 0.486 e. The molecular weight excluding hydrogens is 260 g/mol. The summed E-state index contributed by atoms with van der Waals surface area (Å²) in [6.07, 6.45) is 5.42. The van der Waals surface area contributed by atoms with Gasteiger partial charge < -0.3 is 9.47 Å². The van der Waals surface area contributed by atoms with Gasteiger partial charge in [0.1, 0.15) is 13.2 Å². The molecule has 0 spiro atoms. The first-order valence-electron chi connectivity index (χ1n) is 5.93. The molecule has 1 aliphatic heterocycles.